The number of aliphatic carboxylic acids is 1. The van der Waals surface area contributed by atoms with Gasteiger partial charge in [-0.2, -0.15) is 0 Å². The number of allylic oxidation sites excluding steroid dienone is 1. The van der Waals surface area contributed by atoms with Crippen LogP contribution in [-0.2, 0) is 16.1 Å². The van der Waals surface area contributed by atoms with Crippen LogP contribution in [-0.4, -0.2) is 40.8 Å². The van der Waals surface area contributed by atoms with Crippen molar-refractivity contribution in [2.75, 3.05) is 12.8 Å². The zero-order valence-electron chi connectivity index (χ0n) is 18.1. The number of ketones is 1. The Kier molecular flexibility index (Phi) is 5.95. The van der Waals surface area contributed by atoms with Gasteiger partial charge in [0.15, 0.2) is 11.8 Å². The summed E-state index contributed by atoms with van der Waals surface area (Å²) in [5.74, 6) is -0.774. The predicted molar refractivity (Wildman–Crippen MR) is 121 cm³/mol. The molecule has 1 atom stereocenters. The number of hydroxylamine groups is 2. The van der Waals surface area contributed by atoms with Crippen LogP contribution >= 0.6 is 11.8 Å². The maximum atomic E-state index is 13.8. The van der Waals surface area contributed by atoms with Gasteiger partial charge in [-0.15, -0.1) is 16.8 Å². The van der Waals surface area contributed by atoms with Crippen LogP contribution in [0.15, 0.2) is 64.8 Å². The second-order valence-electron chi connectivity index (χ2n) is 8.34. The highest BCUT2D eigenvalue weighted by Gasteiger charge is 2.53. The van der Waals surface area contributed by atoms with Gasteiger partial charge in [0, 0.05) is 22.4 Å². The molecule has 0 radical (unpaired) electrons. The normalized spacial score (nSPS) is 19.9. The van der Waals surface area contributed by atoms with E-state index >= 15 is 0 Å². The van der Waals surface area contributed by atoms with Crippen molar-refractivity contribution in [3.05, 3.63) is 76.6 Å². The topological polar surface area (TPSA) is 66.8 Å². The average molecular weight is 438 g/mol. The summed E-state index contributed by atoms with van der Waals surface area (Å²) in [7, 11) is 0. The standard InChI is InChI=1S/C25H27NO4S/c1-4-26-21(24(28)29)20(23(30-26)25(2)13-14-25)22(27)18-11-7-5-9-16(18)15-17-10-6-8-12-19(17)31-3/h5-12,21H,4,13-15H2,1-3H3,(H,28,29). The molecule has 0 saturated heterocycles. The lowest BCUT2D eigenvalue weighted by Crippen LogP contribution is -2.39. The lowest BCUT2D eigenvalue weighted by Gasteiger charge is -2.20. The quantitative estimate of drug-likeness (QED) is 0.465. The summed E-state index contributed by atoms with van der Waals surface area (Å²) in [5, 5.41) is 11.4. The molecule has 1 unspecified atom stereocenters. The van der Waals surface area contributed by atoms with E-state index in [1.807, 2.05) is 50.4 Å². The Morgan fingerprint density at radius 1 is 1.13 bits per heavy atom. The van der Waals surface area contributed by atoms with Gasteiger partial charge in [-0.05, 0) is 49.6 Å². The Labute approximate surface area is 187 Å². The number of nitrogens with zero attached hydrogens (tertiary/aromatic N) is 1. The largest absolute Gasteiger partial charge is 0.480 e. The number of carboxylic acid groups (broad SMARTS) is 1. The van der Waals surface area contributed by atoms with Crippen molar-refractivity contribution in [2.45, 2.75) is 44.0 Å². The first-order valence-corrected chi connectivity index (χ1v) is 11.8. The second-order valence-corrected chi connectivity index (χ2v) is 9.19. The number of thioether (sulfide) groups is 1. The van der Waals surface area contributed by atoms with Crippen molar-refractivity contribution in [1.29, 1.82) is 0 Å². The van der Waals surface area contributed by atoms with Crippen molar-refractivity contribution in [1.82, 2.24) is 5.06 Å². The van der Waals surface area contributed by atoms with E-state index in [4.69, 9.17) is 4.84 Å². The van der Waals surface area contributed by atoms with Gasteiger partial charge in [-0.1, -0.05) is 49.4 Å². The van der Waals surface area contributed by atoms with Gasteiger partial charge >= 0.3 is 5.97 Å². The first kappa shape index (κ1) is 21.7. The van der Waals surface area contributed by atoms with E-state index in [1.165, 1.54) is 9.96 Å². The highest BCUT2D eigenvalue weighted by atomic mass is 32.2. The molecule has 1 N–H and O–H groups in total. The van der Waals surface area contributed by atoms with E-state index in [1.54, 1.807) is 17.8 Å². The van der Waals surface area contributed by atoms with Crippen LogP contribution in [0.2, 0.25) is 0 Å². The fraction of sp³-hybridized carbons (Fsp3) is 0.360. The van der Waals surface area contributed by atoms with Gasteiger partial charge in [0.2, 0.25) is 0 Å². The molecule has 2 aliphatic rings. The SMILES string of the molecule is CCN1OC(C2(C)CC2)=C(C(=O)c2ccccc2Cc2ccccc2SC)C1C(=O)O. The van der Waals surface area contributed by atoms with Gasteiger partial charge in [0.05, 0.1) is 5.57 Å². The summed E-state index contributed by atoms with van der Waals surface area (Å²) < 4.78 is 0. The number of likely N-dealkylation sites (N-methyl/N-ethyl adjacent to an activating group) is 1. The summed E-state index contributed by atoms with van der Waals surface area (Å²) in [6, 6.07) is 14.6. The number of rotatable bonds is 8. The molecule has 1 fully saturated rings. The maximum absolute atomic E-state index is 13.8. The van der Waals surface area contributed by atoms with Crippen molar-refractivity contribution in [3.63, 3.8) is 0 Å². The molecule has 31 heavy (non-hydrogen) atoms. The van der Waals surface area contributed by atoms with Gasteiger partial charge in [0.1, 0.15) is 5.76 Å². The first-order valence-electron chi connectivity index (χ1n) is 10.6. The third-order valence-electron chi connectivity index (χ3n) is 6.19. The van der Waals surface area contributed by atoms with Crippen LogP contribution in [0.25, 0.3) is 0 Å². The number of Topliss-reactive ketones (excluding diaryl/α,β-unsaturated/α-hetero) is 1. The molecule has 5 nitrogen and oxygen atoms in total. The number of carbonyl (C=O) groups excluding carboxylic acids is 1. The van der Waals surface area contributed by atoms with E-state index in [0.29, 0.717) is 24.3 Å². The fourth-order valence-electron chi connectivity index (χ4n) is 4.15. The maximum Gasteiger partial charge on any atom is 0.329 e. The molecule has 1 saturated carbocycles. The fourth-order valence-corrected chi connectivity index (χ4v) is 4.77. The van der Waals surface area contributed by atoms with Gasteiger partial charge < -0.3 is 9.94 Å². The Morgan fingerprint density at radius 2 is 1.77 bits per heavy atom. The molecule has 0 aromatic heterocycles. The lowest BCUT2D eigenvalue weighted by atomic mass is 9.88. The summed E-state index contributed by atoms with van der Waals surface area (Å²) in [5.41, 5.74) is 2.60. The Bertz CT molecular complexity index is 1060. The van der Waals surface area contributed by atoms with E-state index in [-0.39, 0.29) is 16.8 Å². The molecule has 162 valence electrons. The lowest BCUT2D eigenvalue weighted by molar-refractivity contribution is -0.163. The number of hydrogen-bond donors (Lipinski definition) is 1. The van der Waals surface area contributed by atoms with Crippen molar-refractivity contribution >= 4 is 23.5 Å². The van der Waals surface area contributed by atoms with Crippen LogP contribution in [0.1, 0.15) is 48.2 Å². The Morgan fingerprint density at radius 3 is 2.39 bits per heavy atom. The minimum absolute atomic E-state index is 0.247. The molecule has 0 amide bonds. The van der Waals surface area contributed by atoms with Crippen LogP contribution < -0.4 is 0 Å². The Hall–Kier alpha value is -2.57. The van der Waals surface area contributed by atoms with E-state index in [2.05, 4.69) is 12.1 Å². The molecule has 1 heterocycles. The van der Waals surface area contributed by atoms with Crippen molar-refractivity contribution in [2.24, 2.45) is 5.41 Å². The number of benzene rings is 2. The monoisotopic (exact) mass is 437 g/mol. The summed E-state index contributed by atoms with van der Waals surface area (Å²) in [6.07, 6.45) is 4.43. The molecule has 2 aromatic rings. The van der Waals surface area contributed by atoms with Crippen LogP contribution in [0.3, 0.4) is 0 Å². The molecule has 0 bridgehead atoms. The smallest absolute Gasteiger partial charge is 0.329 e. The highest BCUT2D eigenvalue weighted by Crippen LogP contribution is 2.55. The Balaban J connectivity index is 1.77. The average Bonchev–Trinajstić information content (AvgIpc) is 3.39. The van der Waals surface area contributed by atoms with Crippen LogP contribution in [0.5, 0.6) is 0 Å². The van der Waals surface area contributed by atoms with E-state index in [9.17, 15) is 14.7 Å². The van der Waals surface area contributed by atoms with Crippen LogP contribution in [0, 0.1) is 5.41 Å². The molecule has 1 aliphatic heterocycles. The number of carbonyl (C=O) groups is 2. The molecule has 6 heteroatoms. The molecule has 4 rings (SSSR count). The number of hydrogen-bond acceptors (Lipinski definition) is 5. The van der Waals surface area contributed by atoms with Gasteiger partial charge in [-0.25, -0.2) is 0 Å². The molecule has 0 spiro atoms. The van der Waals surface area contributed by atoms with Crippen molar-refractivity contribution < 1.29 is 19.5 Å². The summed E-state index contributed by atoms with van der Waals surface area (Å²) in [4.78, 5) is 33.1. The highest BCUT2D eigenvalue weighted by molar-refractivity contribution is 7.98. The van der Waals surface area contributed by atoms with Crippen molar-refractivity contribution in [3.8, 4) is 0 Å². The van der Waals surface area contributed by atoms with Crippen LogP contribution in [0.4, 0.5) is 0 Å². The van der Waals surface area contributed by atoms with E-state index in [0.717, 1.165) is 24.0 Å². The minimum Gasteiger partial charge on any atom is -0.480 e. The molecular formula is C25H27NO4S. The number of carboxylic acids is 1. The first-order chi connectivity index (χ1) is 14.9. The summed E-state index contributed by atoms with van der Waals surface area (Å²) in [6.45, 7) is 4.26. The third kappa shape index (κ3) is 4.02. The van der Waals surface area contributed by atoms with E-state index < -0.39 is 12.0 Å². The zero-order chi connectivity index (χ0) is 22.2. The molecule has 1 aliphatic carbocycles. The van der Waals surface area contributed by atoms with Gasteiger partial charge in [0.25, 0.3) is 0 Å². The summed E-state index contributed by atoms with van der Waals surface area (Å²) >= 11 is 1.68. The minimum atomic E-state index is -1.09. The molecule has 2 aromatic carbocycles. The second kappa shape index (κ2) is 8.52. The third-order valence-corrected chi connectivity index (χ3v) is 7.03. The zero-order valence-corrected chi connectivity index (χ0v) is 18.9. The van der Waals surface area contributed by atoms with Gasteiger partial charge in [-0.3, -0.25) is 9.59 Å². The predicted octanol–water partition coefficient (Wildman–Crippen LogP) is 4.96. The molecular weight excluding hydrogens is 410 g/mol.